The zero-order valence-corrected chi connectivity index (χ0v) is 9.93. The van der Waals surface area contributed by atoms with Gasteiger partial charge in [-0.05, 0) is 42.2 Å². The van der Waals surface area contributed by atoms with Gasteiger partial charge in [-0.1, -0.05) is 18.2 Å². The van der Waals surface area contributed by atoms with Crippen LogP contribution in [0.3, 0.4) is 0 Å². The van der Waals surface area contributed by atoms with Gasteiger partial charge in [0.05, 0.1) is 5.56 Å². The van der Waals surface area contributed by atoms with Crippen molar-refractivity contribution in [3.8, 4) is 0 Å². The van der Waals surface area contributed by atoms with Crippen LogP contribution in [0, 0.1) is 0 Å². The molecule has 1 aliphatic rings. The number of benzene rings is 1. The minimum Gasteiger partial charge on any atom is -0.220 e. The van der Waals surface area contributed by atoms with Crippen molar-refractivity contribution in [1.29, 1.82) is 0 Å². The van der Waals surface area contributed by atoms with Crippen molar-refractivity contribution < 1.29 is 13.2 Å². The van der Waals surface area contributed by atoms with Crippen LogP contribution in [0.1, 0.15) is 29.9 Å². The van der Waals surface area contributed by atoms with E-state index in [1.165, 1.54) is 12.1 Å². The highest BCUT2D eigenvalue weighted by Crippen LogP contribution is 2.34. The van der Waals surface area contributed by atoms with Crippen LogP contribution in [0.25, 0.3) is 0 Å². The molecule has 0 aromatic heterocycles. The highest BCUT2D eigenvalue weighted by atomic mass is 35.5. The van der Waals surface area contributed by atoms with Crippen LogP contribution in [0.5, 0.6) is 0 Å². The quantitative estimate of drug-likeness (QED) is 0.691. The molecule has 5 heteroatoms. The molecule has 0 bridgehead atoms. The molecule has 2 rings (SSSR count). The topological polar surface area (TPSA) is 3.24 Å². The molecule has 1 aromatic rings. The summed E-state index contributed by atoms with van der Waals surface area (Å²) in [7, 11) is 0. The predicted molar refractivity (Wildman–Crippen MR) is 60.8 cm³/mol. The van der Waals surface area contributed by atoms with Crippen molar-refractivity contribution in [2.75, 3.05) is 13.1 Å². The van der Waals surface area contributed by atoms with E-state index in [-0.39, 0.29) is 5.92 Å². The molecule has 94 valence electrons. The summed E-state index contributed by atoms with van der Waals surface area (Å²) in [4.78, 5) is 0. The van der Waals surface area contributed by atoms with Gasteiger partial charge in [0.25, 0.3) is 0 Å². The molecule has 0 aliphatic carbocycles. The number of alkyl halides is 3. The van der Waals surface area contributed by atoms with Crippen molar-refractivity contribution in [1.82, 2.24) is 4.42 Å². The van der Waals surface area contributed by atoms with Crippen LogP contribution < -0.4 is 0 Å². The normalized spacial score (nSPS) is 19.5. The van der Waals surface area contributed by atoms with Gasteiger partial charge in [0.2, 0.25) is 0 Å². The Morgan fingerprint density at radius 2 is 1.82 bits per heavy atom. The Morgan fingerprint density at radius 3 is 2.41 bits per heavy atom. The molecule has 0 amide bonds. The fourth-order valence-electron chi connectivity index (χ4n) is 2.15. The van der Waals surface area contributed by atoms with Crippen LogP contribution in [0.2, 0.25) is 0 Å². The maximum absolute atomic E-state index is 12.6. The van der Waals surface area contributed by atoms with Gasteiger partial charge in [0.1, 0.15) is 0 Å². The Morgan fingerprint density at radius 1 is 1.18 bits per heavy atom. The highest BCUT2D eigenvalue weighted by molar-refractivity contribution is 6.13. The summed E-state index contributed by atoms with van der Waals surface area (Å²) in [6.07, 6.45) is -2.64. The Balaban J connectivity index is 2.16. The second kappa shape index (κ2) is 4.86. The first-order chi connectivity index (χ1) is 7.97. The molecule has 1 aliphatic heterocycles. The Labute approximate surface area is 103 Å². The minimum atomic E-state index is -4.26. The van der Waals surface area contributed by atoms with E-state index in [2.05, 4.69) is 0 Å². The molecule has 1 aromatic carbocycles. The van der Waals surface area contributed by atoms with Gasteiger partial charge in [-0.15, -0.1) is 0 Å². The Hall–Kier alpha value is -0.740. The van der Waals surface area contributed by atoms with E-state index in [9.17, 15) is 13.2 Å². The summed E-state index contributed by atoms with van der Waals surface area (Å²) >= 11 is 5.83. The highest BCUT2D eigenvalue weighted by Gasteiger charge is 2.31. The van der Waals surface area contributed by atoms with Crippen molar-refractivity contribution in [3.63, 3.8) is 0 Å². The molecule has 0 N–H and O–H groups in total. The summed E-state index contributed by atoms with van der Waals surface area (Å²) in [6, 6.07) is 5.61. The number of nitrogens with zero attached hydrogens (tertiary/aromatic N) is 1. The van der Waals surface area contributed by atoms with E-state index in [1.807, 2.05) is 0 Å². The van der Waals surface area contributed by atoms with Crippen molar-refractivity contribution in [3.05, 3.63) is 35.4 Å². The Bertz CT molecular complexity index is 384. The molecular weight excluding hydrogens is 251 g/mol. The lowest BCUT2D eigenvalue weighted by molar-refractivity contribution is -0.137. The molecule has 0 radical (unpaired) electrons. The number of piperidine rings is 1. The van der Waals surface area contributed by atoms with Crippen LogP contribution in [-0.2, 0) is 6.18 Å². The Kier molecular flexibility index (Phi) is 3.64. The SMILES string of the molecule is FC(F)(F)c1cccc(C2CCN(Cl)CC2)c1. The lowest BCUT2D eigenvalue weighted by Crippen LogP contribution is -2.25. The van der Waals surface area contributed by atoms with Gasteiger partial charge >= 0.3 is 6.18 Å². The van der Waals surface area contributed by atoms with Crippen LogP contribution >= 0.6 is 11.8 Å². The van der Waals surface area contributed by atoms with Crippen molar-refractivity contribution in [2.24, 2.45) is 0 Å². The van der Waals surface area contributed by atoms with Gasteiger partial charge in [-0.3, -0.25) is 0 Å². The number of hydrogen-bond acceptors (Lipinski definition) is 1. The second-order valence-electron chi connectivity index (χ2n) is 4.31. The van der Waals surface area contributed by atoms with E-state index in [0.717, 1.165) is 37.6 Å². The third-order valence-corrected chi connectivity index (χ3v) is 3.46. The maximum Gasteiger partial charge on any atom is 0.416 e. The molecule has 0 saturated carbocycles. The van der Waals surface area contributed by atoms with E-state index in [1.54, 1.807) is 10.5 Å². The van der Waals surface area contributed by atoms with E-state index >= 15 is 0 Å². The number of rotatable bonds is 1. The number of halogens is 4. The van der Waals surface area contributed by atoms with Gasteiger partial charge in [-0.2, -0.15) is 13.2 Å². The average molecular weight is 264 g/mol. The van der Waals surface area contributed by atoms with Gasteiger partial charge in [0.15, 0.2) is 0 Å². The zero-order chi connectivity index (χ0) is 12.5. The first-order valence-corrected chi connectivity index (χ1v) is 5.88. The smallest absolute Gasteiger partial charge is 0.220 e. The molecule has 0 unspecified atom stereocenters. The fraction of sp³-hybridized carbons (Fsp3) is 0.500. The molecule has 1 nitrogen and oxygen atoms in total. The largest absolute Gasteiger partial charge is 0.416 e. The maximum atomic E-state index is 12.6. The summed E-state index contributed by atoms with van der Waals surface area (Å²) in [5.41, 5.74) is 0.202. The van der Waals surface area contributed by atoms with Gasteiger partial charge < -0.3 is 0 Å². The molecular formula is C12H13ClF3N. The average Bonchev–Trinajstić information content (AvgIpc) is 2.29. The second-order valence-corrected chi connectivity index (χ2v) is 4.79. The molecule has 1 fully saturated rings. The standard InChI is InChI=1S/C12H13ClF3N/c13-17-6-4-9(5-7-17)10-2-1-3-11(8-10)12(14,15)16/h1-3,8-9H,4-7H2. The first-order valence-electron chi connectivity index (χ1n) is 5.54. The lowest BCUT2D eigenvalue weighted by Gasteiger charge is -2.27. The summed E-state index contributed by atoms with van der Waals surface area (Å²) in [5.74, 6) is 0.187. The predicted octanol–water partition coefficient (Wildman–Crippen LogP) is 4.04. The van der Waals surface area contributed by atoms with Crippen LogP contribution in [-0.4, -0.2) is 17.5 Å². The van der Waals surface area contributed by atoms with Crippen molar-refractivity contribution >= 4 is 11.8 Å². The summed E-state index contributed by atoms with van der Waals surface area (Å²) in [6.45, 7) is 1.45. The third-order valence-electron chi connectivity index (χ3n) is 3.13. The third kappa shape index (κ3) is 3.13. The minimum absolute atomic E-state index is 0.187. The van der Waals surface area contributed by atoms with E-state index in [4.69, 9.17) is 11.8 Å². The first kappa shape index (κ1) is 12.7. The van der Waals surface area contributed by atoms with Gasteiger partial charge in [-0.25, -0.2) is 4.42 Å². The van der Waals surface area contributed by atoms with Crippen LogP contribution in [0.4, 0.5) is 13.2 Å². The van der Waals surface area contributed by atoms with Crippen molar-refractivity contribution in [2.45, 2.75) is 24.9 Å². The molecule has 17 heavy (non-hydrogen) atoms. The fourth-order valence-corrected chi connectivity index (χ4v) is 2.35. The van der Waals surface area contributed by atoms with E-state index < -0.39 is 11.7 Å². The molecule has 1 heterocycles. The lowest BCUT2D eigenvalue weighted by atomic mass is 9.89. The van der Waals surface area contributed by atoms with Gasteiger partial charge in [0, 0.05) is 13.1 Å². The van der Waals surface area contributed by atoms with Crippen LogP contribution in [0.15, 0.2) is 24.3 Å². The summed E-state index contributed by atoms with van der Waals surface area (Å²) < 4.78 is 39.4. The number of hydrogen-bond donors (Lipinski definition) is 0. The molecule has 0 atom stereocenters. The zero-order valence-electron chi connectivity index (χ0n) is 9.17. The molecule has 1 saturated heterocycles. The van der Waals surface area contributed by atoms with E-state index in [0.29, 0.717) is 0 Å². The molecule has 0 spiro atoms. The monoisotopic (exact) mass is 263 g/mol. The summed E-state index contributed by atoms with van der Waals surface area (Å²) in [5, 5.41) is 0.